The van der Waals surface area contributed by atoms with Gasteiger partial charge in [0.2, 0.25) is 0 Å². The maximum atomic E-state index is 11.2. The summed E-state index contributed by atoms with van der Waals surface area (Å²) in [5, 5.41) is 30.4. The molecule has 0 aromatic heterocycles. The number of aliphatic hydroxyl groups is 3. The average Bonchev–Trinajstić information content (AvgIpc) is 3.32. The molecule has 2 aliphatic heterocycles. The zero-order chi connectivity index (χ0) is 18.7. The van der Waals surface area contributed by atoms with Crippen LogP contribution in [0.25, 0.3) is 0 Å². The van der Waals surface area contributed by atoms with Crippen LogP contribution in [0, 0.1) is 11.8 Å². The lowest BCUT2D eigenvalue weighted by atomic mass is 9.85. The Kier molecular flexibility index (Phi) is 6.99. The van der Waals surface area contributed by atoms with E-state index in [0.29, 0.717) is 19.4 Å². The Balaban J connectivity index is 1.84. The zero-order valence-electron chi connectivity index (χ0n) is 15.3. The summed E-state index contributed by atoms with van der Waals surface area (Å²) in [6, 6.07) is 0. The lowest BCUT2D eigenvalue weighted by Gasteiger charge is -2.38. The van der Waals surface area contributed by atoms with Crippen LogP contribution < -0.4 is 0 Å². The van der Waals surface area contributed by atoms with Crippen LogP contribution >= 0.6 is 0 Å². The summed E-state index contributed by atoms with van der Waals surface area (Å²) in [6.07, 6.45) is -0.658. The van der Waals surface area contributed by atoms with E-state index in [1.54, 1.807) is 13.8 Å². The second-order valence-corrected chi connectivity index (χ2v) is 7.31. The first kappa shape index (κ1) is 20.3. The van der Waals surface area contributed by atoms with E-state index in [1.165, 1.54) is 13.2 Å². The van der Waals surface area contributed by atoms with Crippen molar-refractivity contribution in [3.05, 3.63) is 11.6 Å². The predicted molar refractivity (Wildman–Crippen MR) is 89.8 cm³/mol. The van der Waals surface area contributed by atoms with Crippen molar-refractivity contribution in [1.82, 2.24) is 0 Å². The van der Waals surface area contributed by atoms with Gasteiger partial charge < -0.3 is 29.5 Å². The Morgan fingerprint density at radius 2 is 1.96 bits per heavy atom. The van der Waals surface area contributed by atoms with Gasteiger partial charge in [0.1, 0.15) is 6.10 Å². The first-order valence-corrected chi connectivity index (χ1v) is 8.81. The molecule has 0 aromatic carbocycles. The molecule has 0 saturated carbocycles. The third kappa shape index (κ3) is 5.24. The molecule has 0 radical (unpaired) electrons. The highest BCUT2D eigenvalue weighted by Crippen LogP contribution is 2.38. The molecule has 2 fully saturated rings. The molecule has 3 N–H and O–H groups in total. The zero-order valence-corrected chi connectivity index (χ0v) is 15.3. The van der Waals surface area contributed by atoms with Crippen LogP contribution in [0.4, 0.5) is 0 Å². The third-order valence-electron chi connectivity index (χ3n) is 5.26. The Hall–Kier alpha value is -0.990. The van der Waals surface area contributed by atoms with E-state index < -0.39 is 30.4 Å². The van der Waals surface area contributed by atoms with E-state index in [4.69, 9.17) is 9.47 Å². The quantitative estimate of drug-likeness (QED) is 0.343. The highest BCUT2D eigenvalue weighted by atomic mass is 16.6. The number of ether oxygens (including phenoxy) is 3. The van der Waals surface area contributed by atoms with E-state index in [-0.39, 0.29) is 24.0 Å². The summed E-state index contributed by atoms with van der Waals surface area (Å²) in [5.74, 6) is -0.631. The SMILES string of the molecule is COC(=O)/C=C(/C)C[C@@H]1OC[C@H](C[C@@H]2O[C@H]2[C@@H](C)[C@H](C)O)[C@@H](O)[C@H]1O. The maximum absolute atomic E-state index is 11.2. The van der Waals surface area contributed by atoms with Gasteiger partial charge in [-0.3, -0.25) is 0 Å². The first-order chi connectivity index (χ1) is 11.7. The van der Waals surface area contributed by atoms with Crippen molar-refractivity contribution in [2.24, 2.45) is 11.8 Å². The highest BCUT2D eigenvalue weighted by Gasteiger charge is 2.48. The van der Waals surface area contributed by atoms with Crippen molar-refractivity contribution >= 4 is 5.97 Å². The molecule has 0 amide bonds. The van der Waals surface area contributed by atoms with Gasteiger partial charge in [-0.2, -0.15) is 0 Å². The van der Waals surface area contributed by atoms with Gasteiger partial charge >= 0.3 is 5.97 Å². The van der Waals surface area contributed by atoms with Crippen LogP contribution in [-0.4, -0.2) is 71.6 Å². The van der Waals surface area contributed by atoms with Gasteiger partial charge in [-0.25, -0.2) is 4.79 Å². The molecule has 144 valence electrons. The van der Waals surface area contributed by atoms with Crippen LogP contribution in [0.15, 0.2) is 11.6 Å². The highest BCUT2D eigenvalue weighted by molar-refractivity contribution is 5.82. The van der Waals surface area contributed by atoms with Gasteiger partial charge in [-0.05, 0) is 26.7 Å². The molecule has 2 rings (SSSR count). The number of hydrogen-bond donors (Lipinski definition) is 3. The number of esters is 1. The summed E-state index contributed by atoms with van der Waals surface area (Å²) in [6.45, 7) is 5.75. The summed E-state index contributed by atoms with van der Waals surface area (Å²) in [7, 11) is 1.30. The van der Waals surface area contributed by atoms with E-state index in [2.05, 4.69) is 4.74 Å². The molecular formula is C18H30O7. The van der Waals surface area contributed by atoms with Gasteiger partial charge in [0.05, 0.1) is 44.2 Å². The minimum absolute atomic E-state index is 0.00713. The molecule has 0 aromatic rings. The Bertz CT molecular complexity index is 490. The number of hydrogen-bond acceptors (Lipinski definition) is 7. The van der Waals surface area contributed by atoms with Gasteiger partial charge in [-0.15, -0.1) is 0 Å². The topological polar surface area (TPSA) is 109 Å². The molecule has 0 spiro atoms. The van der Waals surface area contributed by atoms with Gasteiger partial charge in [0.25, 0.3) is 0 Å². The molecule has 7 nitrogen and oxygen atoms in total. The van der Waals surface area contributed by atoms with Crippen molar-refractivity contribution in [2.45, 2.75) is 70.2 Å². The van der Waals surface area contributed by atoms with Crippen molar-refractivity contribution in [3.8, 4) is 0 Å². The smallest absolute Gasteiger partial charge is 0.330 e. The molecule has 0 bridgehead atoms. The average molecular weight is 358 g/mol. The Labute approximate surface area is 148 Å². The van der Waals surface area contributed by atoms with E-state index in [1.807, 2.05) is 6.92 Å². The van der Waals surface area contributed by atoms with E-state index >= 15 is 0 Å². The van der Waals surface area contributed by atoms with Crippen LogP contribution in [-0.2, 0) is 19.0 Å². The van der Waals surface area contributed by atoms with Crippen molar-refractivity contribution in [1.29, 1.82) is 0 Å². The van der Waals surface area contributed by atoms with Gasteiger partial charge in [0.15, 0.2) is 0 Å². The lowest BCUT2D eigenvalue weighted by molar-refractivity contribution is -0.165. The number of methoxy groups -OCH3 is 1. The molecule has 2 aliphatic rings. The minimum atomic E-state index is -1.02. The van der Waals surface area contributed by atoms with Crippen LogP contribution in [0.2, 0.25) is 0 Å². The third-order valence-corrected chi connectivity index (χ3v) is 5.26. The number of epoxide rings is 1. The standard InChI is InChI=1S/C18H30O7/c1-9(6-15(20)23-4)5-13-17(22)16(21)12(8-24-13)7-14-18(25-14)10(2)11(3)19/h6,10-14,16-19,21-22H,5,7-8H2,1-4H3/b9-6-/t10-,11-,12-,13-,14-,16+,17-,18-/m0/s1. The molecule has 7 heteroatoms. The number of aliphatic hydroxyl groups excluding tert-OH is 3. The summed E-state index contributed by atoms with van der Waals surface area (Å²) < 4.78 is 15.9. The van der Waals surface area contributed by atoms with Crippen LogP contribution in [0.3, 0.4) is 0 Å². The molecule has 8 atom stereocenters. The molecule has 0 unspecified atom stereocenters. The summed E-state index contributed by atoms with van der Waals surface area (Å²) in [4.78, 5) is 11.2. The molecule has 2 saturated heterocycles. The van der Waals surface area contributed by atoms with Crippen molar-refractivity contribution in [2.75, 3.05) is 13.7 Å². The number of carbonyl (C=O) groups is 1. The minimum Gasteiger partial charge on any atom is -0.466 e. The molecule has 25 heavy (non-hydrogen) atoms. The second kappa shape index (κ2) is 8.60. The van der Waals surface area contributed by atoms with Crippen molar-refractivity contribution < 1.29 is 34.3 Å². The Morgan fingerprint density at radius 1 is 1.28 bits per heavy atom. The molecular weight excluding hydrogens is 328 g/mol. The Morgan fingerprint density at radius 3 is 2.56 bits per heavy atom. The first-order valence-electron chi connectivity index (χ1n) is 8.81. The fourth-order valence-electron chi connectivity index (χ4n) is 3.35. The van der Waals surface area contributed by atoms with E-state index in [0.717, 1.165) is 5.57 Å². The maximum Gasteiger partial charge on any atom is 0.330 e. The van der Waals surface area contributed by atoms with Gasteiger partial charge in [0, 0.05) is 17.9 Å². The number of carbonyl (C=O) groups excluding carboxylic acids is 1. The molecule has 0 aliphatic carbocycles. The predicted octanol–water partition coefficient (Wildman–Crippen LogP) is 0.407. The fraction of sp³-hybridized carbons (Fsp3) is 0.833. The van der Waals surface area contributed by atoms with Gasteiger partial charge in [-0.1, -0.05) is 12.5 Å². The van der Waals surface area contributed by atoms with Crippen molar-refractivity contribution in [3.63, 3.8) is 0 Å². The second-order valence-electron chi connectivity index (χ2n) is 7.31. The summed E-state index contributed by atoms with van der Waals surface area (Å²) >= 11 is 0. The molecule has 2 heterocycles. The monoisotopic (exact) mass is 358 g/mol. The summed E-state index contributed by atoms with van der Waals surface area (Å²) in [5.41, 5.74) is 0.720. The fourth-order valence-corrected chi connectivity index (χ4v) is 3.35. The van der Waals surface area contributed by atoms with E-state index in [9.17, 15) is 20.1 Å². The largest absolute Gasteiger partial charge is 0.466 e. The van der Waals surface area contributed by atoms with Crippen LogP contribution in [0.1, 0.15) is 33.6 Å². The van der Waals surface area contributed by atoms with Crippen LogP contribution in [0.5, 0.6) is 0 Å². The lowest BCUT2D eigenvalue weighted by Crippen LogP contribution is -2.50. The normalized spacial score (nSPS) is 38.1. The number of rotatable bonds is 7.